The van der Waals surface area contributed by atoms with Gasteiger partial charge in [0.05, 0.1) is 26.4 Å². The zero-order valence-electron chi connectivity index (χ0n) is 9.65. The zero-order valence-corrected chi connectivity index (χ0v) is 9.65. The minimum absolute atomic E-state index is 0.568. The van der Waals surface area contributed by atoms with E-state index in [0.29, 0.717) is 33.0 Å². The number of nitrogens with one attached hydrogen (secondary N) is 1. The van der Waals surface area contributed by atoms with Crippen LogP contribution in [0.3, 0.4) is 0 Å². The largest absolute Gasteiger partial charge is 0.382 e. The van der Waals surface area contributed by atoms with Crippen LogP contribution in [0.1, 0.15) is 5.56 Å². The van der Waals surface area contributed by atoms with Gasteiger partial charge in [0.15, 0.2) is 0 Å². The Morgan fingerprint density at radius 3 is 2.62 bits per heavy atom. The molecule has 4 heteroatoms. The van der Waals surface area contributed by atoms with Gasteiger partial charge in [0.2, 0.25) is 0 Å². The molecule has 0 radical (unpaired) electrons. The normalized spacial score (nSPS) is 10.6. The lowest BCUT2D eigenvalue weighted by Gasteiger charge is -2.06. The first kappa shape index (κ1) is 13.1. The highest BCUT2D eigenvalue weighted by Gasteiger charge is 1.91. The Morgan fingerprint density at radius 1 is 1.06 bits per heavy atom. The van der Waals surface area contributed by atoms with Crippen molar-refractivity contribution in [1.29, 1.82) is 0 Å². The van der Waals surface area contributed by atoms with Gasteiger partial charge in [0, 0.05) is 13.7 Å². The fourth-order valence-electron chi connectivity index (χ4n) is 1.14. The fraction of sp³-hybridized carbons (Fsp3) is 0.500. The molecule has 0 atom stereocenters. The monoisotopic (exact) mass is 225 g/mol. The summed E-state index contributed by atoms with van der Waals surface area (Å²) in [4.78, 5) is 5.26. The first-order valence-corrected chi connectivity index (χ1v) is 5.38. The molecule has 0 aliphatic heterocycles. The smallest absolute Gasteiger partial charge is 0.0933 e. The van der Waals surface area contributed by atoms with Crippen molar-refractivity contribution in [2.75, 3.05) is 33.5 Å². The second kappa shape index (κ2) is 9.30. The molecule has 0 aliphatic carbocycles. The summed E-state index contributed by atoms with van der Waals surface area (Å²) in [6.45, 7) is 3.12. The van der Waals surface area contributed by atoms with Crippen LogP contribution in [0.15, 0.2) is 30.3 Å². The minimum Gasteiger partial charge on any atom is -0.382 e. The molecule has 0 fully saturated rings. The van der Waals surface area contributed by atoms with Gasteiger partial charge >= 0.3 is 0 Å². The van der Waals surface area contributed by atoms with Gasteiger partial charge in [-0.05, 0) is 5.56 Å². The molecule has 1 N–H and O–H groups in total. The van der Waals surface area contributed by atoms with Crippen molar-refractivity contribution < 1.29 is 14.3 Å². The summed E-state index contributed by atoms with van der Waals surface area (Å²) in [5, 5.41) is 0. The van der Waals surface area contributed by atoms with Gasteiger partial charge in [-0.3, -0.25) is 4.84 Å². The Bertz CT molecular complexity index is 254. The van der Waals surface area contributed by atoms with Crippen LogP contribution in [-0.4, -0.2) is 33.5 Å². The molecule has 0 amide bonds. The van der Waals surface area contributed by atoms with Crippen LogP contribution < -0.4 is 5.48 Å². The number of methoxy groups -OCH3 is 1. The lowest BCUT2D eigenvalue weighted by molar-refractivity contribution is 0.00307. The molecule has 0 aromatic heterocycles. The molecule has 0 heterocycles. The third-order valence-corrected chi connectivity index (χ3v) is 1.96. The molecule has 0 aliphatic rings. The standard InChI is InChI=1S/C12H19NO3/c1-14-9-10-15-8-7-13-16-11-12-5-3-2-4-6-12/h2-6,13H,7-11H2,1H3. The molecular formula is C12H19NO3. The molecule has 1 rings (SSSR count). The Labute approximate surface area is 96.5 Å². The SMILES string of the molecule is COCCOCCNOCc1ccccc1. The van der Waals surface area contributed by atoms with Crippen molar-refractivity contribution in [2.24, 2.45) is 0 Å². The van der Waals surface area contributed by atoms with E-state index in [1.165, 1.54) is 0 Å². The van der Waals surface area contributed by atoms with Crippen LogP contribution in [0, 0.1) is 0 Å². The van der Waals surface area contributed by atoms with E-state index in [2.05, 4.69) is 5.48 Å². The van der Waals surface area contributed by atoms with Gasteiger partial charge in [0.1, 0.15) is 0 Å². The Kier molecular flexibility index (Phi) is 7.63. The van der Waals surface area contributed by atoms with Crippen molar-refractivity contribution in [3.05, 3.63) is 35.9 Å². The van der Waals surface area contributed by atoms with Gasteiger partial charge in [-0.2, -0.15) is 5.48 Å². The van der Waals surface area contributed by atoms with Crippen molar-refractivity contribution in [2.45, 2.75) is 6.61 Å². The number of hydrogen-bond donors (Lipinski definition) is 1. The number of hydroxylamine groups is 1. The molecule has 0 saturated heterocycles. The van der Waals surface area contributed by atoms with E-state index in [-0.39, 0.29) is 0 Å². The van der Waals surface area contributed by atoms with Crippen molar-refractivity contribution in [1.82, 2.24) is 5.48 Å². The lowest BCUT2D eigenvalue weighted by Crippen LogP contribution is -2.20. The summed E-state index contributed by atoms with van der Waals surface area (Å²) >= 11 is 0. The maximum absolute atomic E-state index is 5.26. The molecule has 0 spiro atoms. The van der Waals surface area contributed by atoms with Gasteiger partial charge in [-0.1, -0.05) is 30.3 Å². The van der Waals surface area contributed by atoms with Gasteiger partial charge < -0.3 is 9.47 Å². The summed E-state index contributed by atoms with van der Waals surface area (Å²) in [5.74, 6) is 0. The summed E-state index contributed by atoms with van der Waals surface area (Å²) in [6, 6.07) is 10.0. The van der Waals surface area contributed by atoms with Crippen LogP contribution >= 0.6 is 0 Å². The van der Waals surface area contributed by atoms with Crippen molar-refractivity contribution in [3.8, 4) is 0 Å². The topological polar surface area (TPSA) is 39.7 Å². The van der Waals surface area contributed by atoms with Crippen molar-refractivity contribution in [3.63, 3.8) is 0 Å². The van der Waals surface area contributed by atoms with E-state index in [4.69, 9.17) is 14.3 Å². The molecule has 4 nitrogen and oxygen atoms in total. The molecule has 1 aromatic carbocycles. The molecule has 90 valence electrons. The quantitative estimate of drug-likeness (QED) is 0.509. The Hall–Kier alpha value is -0.940. The molecule has 0 bridgehead atoms. The minimum atomic E-state index is 0.568. The highest BCUT2D eigenvalue weighted by Crippen LogP contribution is 1.98. The highest BCUT2D eigenvalue weighted by molar-refractivity contribution is 5.13. The third-order valence-electron chi connectivity index (χ3n) is 1.96. The number of rotatable bonds is 9. The van der Waals surface area contributed by atoms with E-state index in [1.807, 2.05) is 30.3 Å². The van der Waals surface area contributed by atoms with E-state index < -0.39 is 0 Å². The average Bonchev–Trinajstić information content (AvgIpc) is 2.34. The number of hydrogen-bond acceptors (Lipinski definition) is 4. The predicted octanol–water partition coefficient (Wildman–Crippen LogP) is 1.37. The average molecular weight is 225 g/mol. The van der Waals surface area contributed by atoms with Gasteiger partial charge in [0.25, 0.3) is 0 Å². The molecule has 16 heavy (non-hydrogen) atoms. The summed E-state index contributed by atoms with van der Waals surface area (Å²) < 4.78 is 10.1. The first-order chi connectivity index (χ1) is 7.93. The Balaban J connectivity index is 1.89. The second-order valence-corrected chi connectivity index (χ2v) is 3.27. The van der Waals surface area contributed by atoms with E-state index in [1.54, 1.807) is 7.11 Å². The van der Waals surface area contributed by atoms with E-state index in [9.17, 15) is 0 Å². The highest BCUT2D eigenvalue weighted by atomic mass is 16.6. The number of benzene rings is 1. The summed E-state index contributed by atoms with van der Waals surface area (Å²) in [5.41, 5.74) is 3.99. The molecule has 0 unspecified atom stereocenters. The van der Waals surface area contributed by atoms with E-state index >= 15 is 0 Å². The molecular weight excluding hydrogens is 206 g/mol. The summed E-state index contributed by atoms with van der Waals surface area (Å²) in [6.07, 6.45) is 0. The maximum Gasteiger partial charge on any atom is 0.0933 e. The predicted molar refractivity (Wildman–Crippen MR) is 61.9 cm³/mol. The second-order valence-electron chi connectivity index (χ2n) is 3.27. The zero-order chi connectivity index (χ0) is 11.5. The first-order valence-electron chi connectivity index (χ1n) is 5.38. The molecule has 1 aromatic rings. The van der Waals surface area contributed by atoms with E-state index in [0.717, 1.165) is 5.56 Å². The van der Waals surface area contributed by atoms with Crippen LogP contribution in [-0.2, 0) is 20.9 Å². The lowest BCUT2D eigenvalue weighted by atomic mass is 10.2. The Morgan fingerprint density at radius 2 is 1.88 bits per heavy atom. The number of ether oxygens (including phenoxy) is 2. The van der Waals surface area contributed by atoms with Crippen LogP contribution in [0.2, 0.25) is 0 Å². The van der Waals surface area contributed by atoms with Crippen LogP contribution in [0.25, 0.3) is 0 Å². The third kappa shape index (κ3) is 6.53. The van der Waals surface area contributed by atoms with Gasteiger partial charge in [-0.25, -0.2) is 0 Å². The van der Waals surface area contributed by atoms with Crippen LogP contribution in [0.5, 0.6) is 0 Å². The maximum atomic E-state index is 5.26. The van der Waals surface area contributed by atoms with Crippen LogP contribution in [0.4, 0.5) is 0 Å². The summed E-state index contributed by atoms with van der Waals surface area (Å²) in [7, 11) is 1.66. The fourth-order valence-corrected chi connectivity index (χ4v) is 1.14. The molecule has 0 saturated carbocycles. The van der Waals surface area contributed by atoms with Gasteiger partial charge in [-0.15, -0.1) is 0 Å². The van der Waals surface area contributed by atoms with Crippen molar-refractivity contribution >= 4 is 0 Å².